The third-order valence-corrected chi connectivity index (χ3v) is 3.46. The SMILES string of the molecule is COc1cccc(/C=C/C(=O)O[C@H](C)C(=O)Nc2ccc(F)c(F)c2F)c1. The van der Waals surface area contributed by atoms with E-state index in [1.165, 1.54) is 20.1 Å². The molecule has 1 amide bonds. The minimum absolute atomic E-state index is 0.561. The number of hydrogen-bond donors (Lipinski definition) is 1. The Kier molecular flexibility index (Phi) is 6.59. The minimum atomic E-state index is -1.71. The van der Waals surface area contributed by atoms with Crippen LogP contribution < -0.4 is 10.1 Å². The van der Waals surface area contributed by atoms with Crippen LogP contribution in [0.3, 0.4) is 0 Å². The summed E-state index contributed by atoms with van der Waals surface area (Å²) >= 11 is 0. The molecule has 5 nitrogen and oxygen atoms in total. The summed E-state index contributed by atoms with van der Waals surface area (Å²) < 4.78 is 49.6. The predicted molar refractivity (Wildman–Crippen MR) is 92.5 cm³/mol. The number of nitrogens with one attached hydrogen (secondary N) is 1. The van der Waals surface area contributed by atoms with Crippen LogP contribution in [0.15, 0.2) is 42.5 Å². The summed E-state index contributed by atoms with van der Waals surface area (Å²) in [4.78, 5) is 23.7. The van der Waals surface area contributed by atoms with Gasteiger partial charge in [-0.2, -0.15) is 0 Å². The molecule has 0 radical (unpaired) electrons. The van der Waals surface area contributed by atoms with Crippen molar-refractivity contribution in [2.24, 2.45) is 0 Å². The molecule has 0 bridgehead atoms. The minimum Gasteiger partial charge on any atom is -0.497 e. The second-order valence-corrected chi connectivity index (χ2v) is 5.40. The fourth-order valence-electron chi connectivity index (χ4n) is 2.03. The number of hydrogen-bond acceptors (Lipinski definition) is 4. The maximum atomic E-state index is 13.6. The van der Waals surface area contributed by atoms with Gasteiger partial charge in [0.15, 0.2) is 23.6 Å². The van der Waals surface area contributed by atoms with Crippen molar-refractivity contribution >= 4 is 23.6 Å². The standard InChI is InChI=1S/C19H16F3NO4/c1-11(19(25)23-15-8-7-14(20)17(21)18(15)22)27-16(24)9-6-12-4-3-5-13(10-12)26-2/h3-11H,1-2H3,(H,23,25)/b9-6+/t11-/m1/s1. The molecule has 0 fully saturated rings. The van der Waals surface area contributed by atoms with Crippen molar-refractivity contribution in [2.75, 3.05) is 12.4 Å². The van der Waals surface area contributed by atoms with Crippen LogP contribution in [0.1, 0.15) is 12.5 Å². The number of benzene rings is 2. The highest BCUT2D eigenvalue weighted by Crippen LogP contribution is 2.20. The molecule has 0 aliphatic rings. The highest BCUT2D eigenvalue weighted by Gasteiger charge is 2.20. The number of methoxy groups -OCH3 is 1. The first-order chi connectivity index (χ1) is 12.8. The molecular weight excluding hydrogens is 363 g/mol. The molecule has 2 aromatic carbocycles. The summed E-state index contributed by atoms with van der Waals surface area (Å²) in [6.45, 7) is 1.25. The molecule has 2 aromatic rings. The largest absolute Gasteiger partial charge is 0.497 e. The van der Waals surface area contributed by atoms with Crippen LogP contribution in [0.25, 0.3) is 6.08 Å². The summed E-state index contributed by atoms with van der Waals surface area (Å²) in [6, 6.07) is 8.42. The maximum absolute atomic E-state index is 13.6. The molecular formula is C19H16F3NO4. The summed E-state index contributed by atoms with van der Waals surface area (Å²) in [6.07, 6.45) is 1.28. The van der Waals surface area contributed by atoms with E-state index < -0.39 is 41.1 Å². The number of ether oxygens (including phenoxy) is 2. The highest BCUT2D eigenvalue weighted by molar-refractivity contribution is 5.96. The van der Waals surface area contributed by atoms with Crippen molar-refractivity contribution in [3.05, 3.63) is 65.5 Å². The number of amides is 1. The zero-order valence-corrected chi connectivity index (χ0v) is 14.5. The number of anilines is 1. The van der Waals surface area contributed by atoms with Gasteiger partial charge in [0, 0.05) is 6.08 Å². The van der Waals surface area contributed by atoms with E-state index in [-0.39, 0.29) is 0 Å². The summed E-state index contributed by atoms with van der Waals surface area (Å²) in [7, 11) is 1.51. The topological polar surface area (TPSA) is 64.6 Å². The van der Waals surface area contributed by atoms with E-state index in [9.17, 15) is 22.8 Å². The van der Waals surface area contributed by atoms with Gasteiger partial charge in [0.05, 0.1) is 12.8 Å². The van der Waals surface area contributed by atoms with Crippen molar-refractivity contribution in [2.45, 2.75) is 13.0 Å². The van der Waals surface area contributed by atoms with Crippen LogP contribution in [-0.2, 0) is 14.3 Å². The van der Waals surface area contributed by atoms with Crippen molar-refractivity contribution in [1.82, 2.24) is 0 Å². The van der Waals surface area contributed by atoms with E-state index in [2.05, 4.69) is 0 Å². The fourth-order valence-corrected chi connectivity index (χ4v) is 2.03. The van der Waals surface area contributed by atoms with E-state index in [0.29, 0.717) is 17.4 Å². The lowest BCUT2D eigenvalue weighted by atomic mass is 10.2. The molecule has 0 aliphatic carbocycles. The second kappa shape index (κ2) is 8.88. The van der Waals surface area contributed by atoms with Gasteiger partial charge in [0.1, 0.15) is 5.75 Å². The van der Waals surface area contributed by atoms with Gasteiger partial charge in [0.2, 0.25) is 0 Å². The van der Waals surface area contributed by atoms with Gasteiger partial charge in [0.25, 0.3) is 5.91 Å². The number of carbonyl (C=O) groups is 2. The quantitative estimate of drug-likeness (QED) is 0.472. The van der Waals surface area contributed by atoms with Crippen molar-refractivity contribution < 1.29 is 32.2 Å². The van der Waals surface area contributed by atoms with Crippen LogP contribution in [0.2, 0.25) is 0 Å². The van der Waals surface area contributed by atoms with E-state index in [0.717, 1.165) is 12.1 Å². The number of rotatable bonds is 6. The normalized spacial score (nSPS) is 11.9. The molecule has 1 N–H and O–H groups in total. The molecule has 8 heteroatoms. The van der Waals surface area contributed by atoms with Crippen LogP contribution in [0, 0.1) is 17.5 Å². The van der Waals surface area contributed by atoms with Gasteiger partial charge >= 0.3 is 5.97 Å². The molecule has 0 heterocycles. The lowest BCUT2D eigenvalue weighted by Crippen LogP contribution is -2.29. The zero-order valence-electron chi connectivity index (χ0n) is 14.5. The Morgan fingerprint density at radius 1 is 1.11 bits per heavy atom. The summed E-state index contributed by atoms with van der Waals surface area (Å²) in [5.41, 5.74) is 0.112. The third kappa shape index (κ3) is 5.34. The van der Waals surface area contributed by atoms with Crippen LogP contribution in [-0.4, -0.2) is 25.1 Å². The van der Waals surface area contributed by atoms with E-state index in [1.807, 2.05) is 5.32 Å². The Hall–Kier alpha value is -3.29. The Morgan fingerprint density at radius 2 is 1.85 bits per heavy atom. The molecule has 0 unspecified atom stereocenters. The molecule has 1 atom stereocenters. The van der Waals surface area contributed by atoms with Crippen molar-refractivity contribution in [3.8, 4) is 5.75 Å². The third-order valence-electron chi connectivity index (χ3n) is 3.46. The first-order valence-corrected chi connectivity index (χ1v) is 7.79. The van der Waals surface area contributed by atoms with Crippen LogP contribution in [0.5, 0.6) is 5.75 Å². The van der Waals surface area contributed by atoms with Crippen LogP contribution >= 0.6 is 0 Å². The monoisotopic (exact) mass is 379 g/mol. The number of carbonyl (C=O) groups excluding carboxylic acids is 2. The Balaban J connectivity index is 1.96. The molecule has 2 rings (SSSR count). The molecule has 0 aliphatic heterocycles. The average molecular weight is 379 g/mol. The fraction of sp³-hybridized carbons (Fsp3) is 0.158. The molecule has 27 heavy (non-hydrogen) atoms. The second-order valence-electron chi connectivity index (χ2n) is 5.40. The van der Waals surface area contributed by atoms with Gasteiger partial charge in [-0.15, -0.1) is 0 Å². The molecule has 142 valence electrons. The number of halogens is 3. The first-order valence-electron chi connectivity index (χ1n) is 7.79. The molecule has 0 aromatic heterocycles. The first kappa shape index (κ1) is 20.0. The van der Waals surface area contributed by atoms with Gasteiger partial charge in [-0.3, -0.25) is 4.79 Å². The van der Waals surface area contributed by atoms with Gasteiger partial charge in [-0.1, -0.05) is 12.1 Å². The van der Waals surface area contributed by atoms with Gasteiger partial charge < -0.3 is 14.8 Å². The maximum Gasteiger partial charge on any atom is 0.331 e. The van der Waals surface area contributed by atoms with Gasteiger partial charge in [-0.05, 0) is 42.8 Å². The Morgan fingerprint density at radius 3 is 2.56 bits per heavy atom. The summed E-state index contributed by atoms with van der Waals surface area (Å²) in [5, 5.41) is 2.03. The van der Waals surface area contributed by atoms with Gasteiger partial charge in [-0.25, -0.2) is 18.0 Å². The summed E-state index contributed by atoms with van der Waals surface area (Å²) in [5.74, 6) is -5.74. The lowest BCUT2D eigenvalue weighted by Gasteiger charge is -2.13. The van der Waals surface area contributed by atoms with E-state index in [4.69, 9.17) is 9.47 Å². The zero-order chi connectivity index (χ0) is 20.0. The lowest BCUT2D eigenvalue weighted by molar-refractivity contribution is -0.148. The smallest absolute Gasteiger partial charge is 0.331 e. The van der Waals surface area contributed by atoms with E-state index >= 15 is 0 Å². The van der Waals surface area contributed by atoms with Crippen molar-refractivity contribution in [3.63, 3.8) is 0 Å². The molecule has 0 saturated heterocycles. The highest BCUT2D eigenvalue weighted by atomic mass is 19.2. The van der Waals surface area contributed by atoms with E-state index in [1.54, 1.807) is 24.3 Å². The average Bonchev–Trinajstić information content (AvgIpc) is 2.66. The number of esters is 1. The predicted octanol–water partition coefficient (Wildman–Crippen LogP) is 3.70. The Labute approximate surface area is 153 Å². The molecule has 0 saturated carbocycles. The van der Waals surface area contributed by atoms with Crippen molar-refractivity contribution in [1.29, 1.82) is 0 Å². The Bertz CT molecular complexity index is 883. The molecule has 0 spiro atoms. The van der Waals surface area contributed by atoms with Crippen LogP contribution in [0.4, 0.5) is 18.9 Å².